The molecule has 1 N–H and O–H groups in total. The molecule has 4 nitrogen and oxygen atoms in total. The molecule has 0 heterocycles. The molecule has 0 aromatic rings. The van der Waals surface area contributed by atoms with E-state index in [1.807, 2.05) is 13.8 Å². The Morgan fingerprint density at radius 2 is 1.84 bits per heavy atom. The van der Waals surface area contributed by atoms with Crippen molar-refractivity contribution in [3.63, 3.8) is 0 Å². The molecule has 0 aliphatic rings. The average molecular weight is 312 g/mol. The highest BCUT2D eigenvalue weighted by molar-refractivity contribution is 8.76. The van der Waals surface area contributed by atoms with Crippen molar-refractivity contribution in [2.24, 2.45) is 0 Å². The van der Waals surface area contributed by atoms with Crippen molar-refractivity contribution in [1.82, 2.24) is 5.32 Å². The van der Waals surface area contributed by atoms with Crippen LogP contribution in [0.2, 0.25) is 0 Å². The molecule has 0 aromatic carbocycles. The van der Waals surface area contributed by atoms with Crippen LogP contribution >= 0.6 is 21.6 Å². The van der Waals surface area contributed by atoms with Gasteiger partial charge in [-0.3, -0.25) is 9.59 Å². The Morgan fingerprint density at radius 1 is 1.21 bits per heavy atom. The third-order valence-electron chi connectivity index (χ3n) is 1.82. The van der Waals surface area contributed by atoms with Crippen molar-refractivity contribution in [2.45, 2.75) is 47.0 Å². The topological polar surface area (TPSA) is 55.4 Å². The van der Waals surface area contributed by atoms with Crippen molar-refractivity contribution >= 4 is 33.5 Å². The van der Waals surface area contributed by atoms with Gasteiger partial charge in [0.2, 0.25) is 5.91 Å². The summed E-state index contributed by atoms with van der Waals surface area (Å²) in [6.45, 7) is 8.72. The molecular weight excluding hydrogens is 282 g/mol. The summed E-state index contributed by atoms with van der Waals surface area (Å²) < 4.78 is 4.78. The number of rotatable bonds is 10. The number of unbranched alkanes of at least 4 members (excludes halogenated alkanes) is 1. The Hall–Kier alpha value is -0.360. The lowest BCUT2D eigenvalue weighted by molar-refractivity contribution is -0.140. The first-order chi connectivity index (χ1) is 9.16. The second-order valence-corrected chi connectivity index (χ2v) is 6.14. The largest absolute Gasteiger partial charge is 0.465 e. The number of carbonyl (C=O) groups is 2. The maximum absolute atomic E-state index is 11.3. The standard InChI is InChI=1S/C11H21NO3S2.C2H6.H2/c1-3-4-6-12-11(14)5-8-16-17-9-7-15-10(2)13;1-2;/h3-9H2,1-2H3,(H,12,14);1-2H3;1H. The fourth-order valence-corrected chi connectivity index (χ4v) is 2.78. The molecule has 0 aliphatic carbocycles. The van der Waals surface area contributed by atoms with Gasteiger partial charge in [-0.25, -0.2) is 0 Å². The zero-order chi connectivity index (χ0) is 14.9. The van der Waals surface area contributed by atoms with Gasteiger partial charge in [-0.15, -0.1) is 0 Å². The van der Waals surface area contributed by atoms with E-state index in [0.717, 1.165) is 30.9 Å². The van der Waals surface area contributed by atoms with Gasteiger partial charge in [0.05, 0.1) is 0 Å². The fraction of sp³-hybridized carbons (Fsp3) is 0.846. The second kappa shape index (κ2) is 17.6. The molecule has 0 atom stereocenters. The van der Waals surface area contributed by atoms with Gasteiger partial charge in [-0.05, 0) is 6.42 Å². The van der Waals surface area contributed by atoms with E-state index in [1.165, 1.54) is 6.92 Å². The minimum absolute atomic E-state index is 0. The van der Waals surface area contributed by atoms with Crippen LogP contribution in [0.3, 0.4) is 0 Å². The van der Waals surface area contributed by atoms with Crippen LogP contribution in [-0.2, 0) is 14.3 Å². The Labute approximate surface area is 126 Å². The van der Waals surface area contributed by atoms with E-state index in [-0.39, 0.29) is 13.3 Å². The Kier molecular flexibility index (Phi) is 19.4. The SMILES string of the molecule is CC.CCCCNC(=O)CCSSCCOC(C)=O.[HH]. The Balaban J connectivity index is -0.000000916. The number of ether oxygens (including phenoxy) is 1. The number of hydrogen-bond acceptors (Lipinski definition) is 5. The van der Waals surface area contributed by atoms with Crippen molar-refractivity contribution in [3.05, 3.63) is 0 Å². The van der Waals surface area contributed by atoms with Crippen molar-refractivity contribution < 1.29 is 15.8 Å². The van der Waals surface area contributed by atoms with Gasteiger partial charge in [-0.1, -0.05) is 48.8 Å². The first kappa shape index (κ1) is 20.9. The Bertz CT molecular complexity index is 232. The number of esters is 1. The monoisotopic (exact) mass is 311 g/mol. The molecular formula is C13H29NO3S2. The van der Waals surface area contributed by atoms with E-state index >= 15 is 0 Å². The van der Waals surface area contributed by atoms with Gasteiger partial charge in [0.1, 0.15) is 6.61 Å². The summed E-state index contributed by atoms with van der Waals surface area (Å²) in [5, 5.41) is 2.87. The van der Waals surface area contributed by atoms with Gasteiger partial charge in [-0.2, -0.15) is 0 Å². The molecule has 6 heteroatoms. The highest BCUT2D eigenvalue weighted by atomic mass is 33.1. The van der Waals surface area contributed by atoms with Gasteiger partial charge >= 0.3 is 5.97 Å². The van der Waals surface area contributed by atoms with E-state index in [0.29, 0.717) is 13.0 Å². The first-order valence-electron chi connectivity index (χ1n) is 6.81. The molecule has 19 heavy (non-hydrogen) atoms. The van der Waals surface area contributed by atoms with Crippen molar-refractivity contribution in [3.8, 4) is 0 Å². The van der Waals surface area contributed by atoms with Crippen LogP contribution in [-0.4, -0.2) is 36.5 Å². The number of amides is 1. The van der Waals surface area contributed by atoms with Gasteiger partial charge in [0, 0.05) is 32.8 Å². The minimum atomic E-state index is -0.245. The normalized spacial score (nSPS) is 9.26. The fourth-order valence-electron chi connectivity index (χ4n) is 0.965. The number of hydrogen-bond donors (Lipinski definition) is 1. The van der Waals surface area contributed by atoms with Crippen LogP contribution in [0.15, 0.2) is 0 Å². The predicted octanol–water partition coefficient (Wildman–Crippen LogP) is 3.51. The van der Waals surface area contributed by atoms with E-state index in [9.17, 15) is 9.59 Å². The van der Waals surface area contributed by atoms with Crippen LogP contribution in [0.4, 0.5) is 0 Å². The molecule has 0 fully saturated rings. The summed E-state index contributed by atoms with van der Waals surface area (Å²) in [6.07, 6.45) is 2.69. The van der Waals surface area contributed by atoms with Crippen LogP contribution < -0.4 is 5.32 Å². The van der Waals surface area contributed by atoms with E-state index in [2.05, 4.69) is 12.2 Å². The van der Waals surface area contributed by atoms with Crippen LogP contribution in [0.25, 0.3) is 0 Å². The zero-order valence-electron chi connectivity index (χ0n) is 12.5. The third-order valence-corrected chi connectivity index (χ3v) is 4.19. The summed E-state index contributed by atoms with van der Waals surface area (Å²) >= 11 is 0. The summed E-state index contributed by atoms with van der Waals surface area (Å²) in [7, 11) is 3.26. The molecule has 0 spiro atoms. The quantitative estimate of drug-likeness (QED) is 0.380. The van der Waals surface area contributed by atoms with Gasteiger partial charge in [0.15, 0.2) is 0 Å². The lowest BCUT2D eigenvalue weighted by Gasteiger charge is -2.04. The lowest BCUT2D eigenvalue weighted by Crippen LogP contribution is -2.24. The summed E-state index contributed by atoms with van der Waals surface area (Å²) in [5.41, 5.74) is 0. The molecule has 0 aromatic heterocycles. The van der Waals surface area contributed by atoms with Crippen molar-refractivity contribution in [1.29, 1.82) is 0 Å². The number of carbonyl (C=O) groups excluding carboxylic acids is 2. The maximum Gasteiger partial charge on any atom is 0.302 e. The van der Waals surface area contributed by atoms with Crippen LogP contribution in [0.5, 0.6) is 0 Å². The molecule has 0 rings (SSSR count). The first-order valence-corrected chi connectivity index (χ1v) is 9.30. The van der Waals surface area contributed by atoms with E-state index in [4.69, 9.17) is 4.74 Å². The molecule has 1 amide bonds. The second-order valence-electron chi connectivity index (χ2n) is 3.44. The third kappa shape index (κ3) is 20.1. The highest BCUT2D eigenvalue weighted by Crippen LogP contribution is 2.21. The van der Waals surface area contributed by atoms with E-state index in [1.54, 1.807) is 21.6 Å². The average Bonchev–Trinajstić information content (AvgIpc) is 2.40. The molecule has 0 saturated carbocycles. The molecule has 0 radical (unpaired) electrons. The molecule has 0 saturated heterocycles. The van der Waals surface area contributed by atoms with Crippen LogP contribution in [0.1, 0.15) is 48.4 Å². The summed E-state index contributed by atoms with van der Waals surface area (Å²) in [6, 6.07) is 0. The smallest absolute Gasteiger partial charge is 0.302 e. The minimum Gasteiger partial charge on any atom is -0.465 e. The number of nitrogens with one attached hydrogen (secondary N) is 1. The molecule has 0 aliphatic heterocycles. The van der Waals surface area contributed by atoms with Gasteiger partial charge in [0.25, 0.3) is 0 Å². The highest BCUT2D eigenvalue weighted by Gasteiger charge is 2.00. The molecule has 116 valence electrons. The van der Waals surface area contributed by atoms with Crippen molar-refractivity contribution in [2.75, 3.05) is 24.7 Å². The summed E-state index contributed by atoms with van der Waals surface area (Å²) in [5.74, 6) is 1.43. The van der Waals surface area contributed by atoms with E-state index < -0.39 is 0 Å². The summed E-state index contributed by atoms with van der Waals surface area (Å²) in [4.78, 5) is 21.7. The Morgan fingerprint density at radius 3 is 2.42 bits per heavy atom. The predicted molar refractivity (Wildman–Crippen MR) is 87.5 cm³/mol. The molecule has 0 unspecified atom stereocenters. The lowest BCUT2D eigenvalue weighted by atomic mass is 10.3. The molecule has 0 bridgehead atoms. The van der Waals surface area contributed by atoms with Gasteiger partial charge < -0.3 is 10.1 Å². The maximum atomic E-state index is 11.3. The van der Waals surface area contributed by atoms with Crippen LogP contribution in [0, 0.1) is 0 Å². The zero-order valence-corrected chi connectivity index (χ0v) is 14.1.